The molecule has 1 saturated heterocycles. The first-order valence-electron chi connectivity index (χ1n) is 9.45. The minimum absolute atomic E-state index is 0.647. The molecule has 4 nitrogen and oxygen atoms in total. The Hall–Kier alpha value is -2.20. The second-order valence-electron chi connectivity index (χ2n) is 6.97. The fourth-order valence-electron chi connectivity index (χ4n) is 3.55. The van der Waals surface area contributed by atoms with Gasteiger partial charge in [0.1, 0.15) is 0 Å². The van der Waals surface area contributed by atoms with E-state index in [1.54, 1.807) is 7.11 Å². The first-order chi connectivity index (χ1) is 12.6. The zero-order chi connectivity index (χ0) is 18.5. The maximum Gasteiger partial charge on any atom is 0.161 e. The molecule has 1 aliphatic heterocycles. The van der Waals surface area contributed by atoms with E-state index in [-0.39, 0.29) is 0 Å². The van der Waals surface area contributed by atoms with E-state index in [1.165, 1.54) is 22.4 Å². The molecule has 26 heavy (non-hydrogen) atoms. The van der Waals surface area contributed by atoms with Gasteiger partial charge in [0.15, 0.2) is 11.5 Å². The van der Waals surface area contributed by atoms with Crippen molar-refractivity contribution in [2.24, 2.45) is 0 Å². The van der Waals surface area contributed by atoms with Crippen LogP contribution in [0, 0.1) is 13.8 Å². The van der Waals surface area contributed by atoms with Crippen molar-refractivity contribution >= 4 is 5.69 Å². The topological polar surface area (TPSA) is 24.9 Å². The van der Waals surface area contributed by atoms with Crippen molar-refractivity contribution in [1.82, 2.24) is 4.90 Å². The summed E-state index contributed by atoms with van der Waals surface area (Å²) >= 11 is 0. The molecular formula is C22H30N2O2. The molecule has 140 valence electrons. The third kappa shape index (κ3) is 4.31. The fraction of sp³-hybridized carbons (Fsp3) is 0.455. The lowest BCUT2D eigenvalue weighted by molar-refractivity contribution is 0.248. The van der Waals surface area contributed by atoms with Crippen molar-refractivity contribution in [3.8, 4) is 11.5 Å². The molecule has 4 heteroatoms. The van der Waals surface area contributed by atoms with Gasteiger partial charge in [0, 0.05) is 38.4 Å². The van der Waals surface area contributed by atoms with E-state index in [1.807, 2.05) is 13.0 Å². The second-order valence-corrected chi connectivity index (χ2v) is 6.97. The molecule has 0 amide bonds. The van der Waals surface area contributed by atoms with Gasteiger partial charge in [-0.3, -0.25) is 4.90 Å². The van der Waals surface area contributed by atoms with Gasteiger partial charge in [0.05, 0.1) is 13.7 Å². The van der Waals surface area contributed by atoms with Crippen LogP contribution in [0.2, 0.25) is 0 Å². The molecule has 0 bridgehead atoms. The SMILES string of the molecule is CCOc1cc(CN2CCN(c3cc(C)ccc3C)CC2)ccc1OC. The predicted octanol–water partition coefficient (Wildman–Crippen LogP) is 4.03. The van der Waals surface area contributed by atoms with Crippen molar-refractivity contribution in [2.45, 2.75) is 27.3 Å². The van der Waals surface area contributed by atoms with E-state index >= 15 is 0 Å². The molecule has 0 atom stereocenters. The van der Waals surface area contributed by atoms with Crippen LogP contribution in [0.1, 0.15) is 23.6 Å². The van der Waals surface area contributed by atoms with Crippen LogP contribution in [0.5, 0.6) is 11.5 Å². The van der Waals surface area contributed by atoms with Gasteiger partial charge in [-0.05, 0) is 55.7 Å². The van der Waals surface area contributed by atoms with Gasteiger partial charge in [-0.2, -0.15) is 0 Å². The summed E-state index contributed by atoms with van der Waals surface area (Å²) in [5, 5.41) is 0. The molecule has 3 rings (SSSR count). The summed E-state index contributed by atoms with van der Waals surface area (Å²) < 4.78 is 11.1. The Balaban J connectivity index is 1.62. The van der Waals surface area contributed by atoms with E-state index in [4.69, 9.17) is 9.47 Å². The first-order valence-corrected chi connectivity index (χ1v) is 9.45. The Kier molecular flexibility index (Phi) is 6.04. The largest absolute Gasteiger partial charge is 0.493 e. The summed E-state index contributed by atoms with van der Waals surface area (Å²) in [4.78, 5) is 5.03. The number of hydrogen-bond acceptors (Lipinski definition) is 4. The number of methoxy groups -OCH3 is 1. The second kappa shape index (κ2) is 8.45. The Labute approximate surface area is 157 Å². The van der Waals surface area contributed by atoms with Gasteiger partial charge in [-0.15, -0.1) is 0 Å². The standard InChI is InChI=1S/C22H30N2O2/c1-5-26-22-15-19(8-9-21(22)25-4)16-23-10-12-24(13-11-23)20-14-17(2)6-7-18(20)3/h6-9,14-15H,5,10-13,16H2,1-4H3. The quantitative estimate of drug-likeness (QED) is 0.782. The Morgan fingerprint density at radius 1 is 0.923 bits per heavy atom. The lowest BCUT2D eigenvalue weighted by Crippen LogP contribution is -2.46. The zero-order valence-corrected chi connectivity index (χ0v) is 16.4. The number of hydrogen-bond donors (Lipinski definition) is 0. The average Bonchev–Trinajstić information content (AvgIpc) is 2.65. The molecule has 2 aromatic rings. The van der Waals surface area contributed by atoms with Crippen LogP contribution in [0.3, 0.4) is 0 Å². The van der Waals surface area contributed by atoms with Gasteiger partial charge >= 0.3 is 0 Å². The fourth-order valence-corrected chi connectivity index (χ4v) is 3.55. The summed E-state index contributed by atoms with van der Waals surface area (Å²) in [5.41, 5.74) is 5.34. The van der Waals surface area contributed by atoms with Crippen LogP contribution in [0.25, 0.3) is 0 Å². The third-order valence-electron chi connectivity index (χ3n) is 5.01. The number of anilines is 1. The molecule has 1 fully saturated rings. The van der Waals surface area contributed by atoms with E-state index in [2.05, 4.69) is 54.0 Å². The van der Waals surface area contributed by atoms with Crippen LogP contribution in [-0.4, -0.2) is 44.8 Å². The Morgan fingerprint density at radius 2 is 1.69 bits per heavy atom. The highest BCUT2D eigenvalue weighted by Gasteiger charge is 2.19. The number of aryl methyl sites for hydroxylation is 2. The number of benzene rings is 2. The van der Waals surface area contributed by atoms with Gasteiger partial charge < -0.3 is 14.4 Å². The van der Waals surface area contributed by atoms with Crippen molar-refractivity contribution in [3.63, 3.8) is 0 Å². The number of nitrogens with zero attached hydrogens (tertiary/aromatic N) is 2. The maximum absolute atomic E-state index is 5.71. The molecule has 0 aliphatic carbocycles. The van der Waals surface area contributed by atoms with Gasteiger partial charge in [0.2, 0.25) is 0 Å². The zero-order valence-electron chi connectivity index (χ0n) is 16.4. The molecule has 0 spiro atoms. The Morgan fingerprint density at radius 3 is 2.38 bits per heavy atom. The van der Waals surface area contributed by atoms with Crippen molar-refractivity contribution in [1.29, 1.82) is 0 Å². The van der Waals surface area contributed by atoms with Gasteiger partial charge in [-0.1, -0.05) is 18.2 Å². The molecule has 0 unspecified atom stereocenters. The maximum atomic E-state index is 5.71. The van der Waals surface area contributed by atoms with Crippen LogP contribution in [0.15, 0.2) is 36.4 Å². The average molecular weight is 354 g/mol. The normalized spacial score (nSPS) is 15.2. The molecule has 0 radical (unpaired) electrons. The van der Waals surface area contributed by atoms with Crippen molar-refractivity contribution in [2.75, 3.05) is 44.8 Å². The van der Waals surface area contributed by atoms with E-state index in [0.29, 0.717) is 6.61 Å². The number of piperazine rings is 1. The smallest absolute Gasteiger partial charge is 0.161 e. The number of rotatable bonds is 6. The molecular weight excluding hydrogens is 324 g/mol. The first kappa shape index (κ1) is 18.6. The minimum Gasteiger partial charge on any atom is -0.493 e. The van der Waals surface area contributed by atoms with Crippen LogP contribution in [-0.2, 0) is 6.54 Å². The summed E-state index contributed by atoms with van der Waals surface area (Å²) in [6.45, 7) is 12.2. The van der Waals surface area contributed by atoms with Crippen molar-refractivity contribution < 1.29 is 9.47 Å². The molecule has 0 N–H and O–H groups in total. The lowest BCUT2D eigenvalue weighted by Gasteiger charge is -2.37. The number of ether oxygens (including phenoxy) is 2. The summed E-state index contributed by atoms with van der Waals surface area (Å²) in [5.74, 6) is 1.64. The van der Waals surface area contributed by atoms with E-state index < -0.39 is 0 Å². The highest BCUT2D eigenvalue weighted by molar-refractivity contribution is 5.55. The van der Waals surface area contributed by atoms with Gasteiger partial charge in [0.25, 0.3) is 0 Å². The molecule has 0 aromatic heterocycles. The van der Waals surface area contributed by atoms with Crippen LogP contribution >= 0.6 is 0 Å². The molecule has 1 aliphatic rings. The van der Waals surface area contributed by atoms with Crippen molar-refractivity contribution in [3.05, 3.63) is 53.1 Å². The molecule has 2 aromatic carbocycles. The third-order valence-corrected chi connectivity index (χ3v) is 5.01. The summed E-state index contributed by atoms with van der Waals surface area (Å²) in [6.07, 6.45) is 0. The summed E-state index contributed by atoms with van der Waals surface area (Å²) in [7, 11) is 1.68. The van der Waals surface area contributed by atoms with Gasteiger partial charge in [-0.25, -0.2) is 0 Å². The lowest BCUT2D eigenvalue weighted by atomic mass is 10.1. The van der Waals surface area contributed by atoms with E-state index in [0.717, 1.165) is 44.2 Å². The minimum atomic E-state index is 0.647. The van der Waals surface area contributed by atoms with E-state index in [9.17, 15) is 0 Å². The Bertz CT molecular complexity index is 737. The highest BCUT2D eigenvalue weighted by Crippen LogP contribution is 2.29. The molecule has 0 saturated carbocycles. The molecule has 1 heterocycles. The highest BCUT2D eigenvalue weighted by atomic mass is 16.5. The van der Waals surface area contributed by atoms with Crippen LogP contribution in [0.4, 0.5) is 5.69 Å². The monoisotopic (exact) mass is 354 g/mol. The van der Waals surface area contributed by atoms with Crippen LogP contribution < -0.4 is 14.4 Å². The summed E-state index contributed by atoms with van der Waals surface area (Å²) in [6, 6.07) is 13.0. The predicted molar refractivity (Wildman–Crippen MR) is 108 cm³/mol.